The summed E-state index contributed by atoms with van der Waals surface area (Å²) in [6.45, 7) is 5.08. The summed E-state index contributed by atoms with van der Waals surface area (Å²) in [5.41, 5.74) is 2.83. The van der Waals surface area contributed by atoms with Crippen molar-refractivity contribution < 1.29 is 13.9 Å². The number of benzene rings is 1. The summed E-state index contributed by atoms with van der Waals surface area (Å²) in [5.74, 6) is -0.427. The van der Waals surface area contributed by atoms with Crippen LogP contribution in [0.1, 0.15) is 41.5 Å². The number of rotatable bonds is 5. The summed E-state index contributed by atoms with van der Waals surface area (Å²) in [5, 5.41) is 7.44. The number of hydrogen-bond acceptors (Lipinski definition) is 3. The van der Waals surface area contributed by atoms with Gasteiger partial charge in [-0.1, -0.05) is 6.92 Å². The van der Waals surface area contributed by atoms with Crippen LogP contribution in [0.15, 0.2) is 24.3 Å². The van der Waals surface area contributed by atoms with E-state index >= 15 is 0 Å². The normalized spacial score (nSPS) is 17.2. The van der Waals surface area contributed by atoms with Crippen LogP contribution in [0.3, 0.4) is 0 Å². The van der Waals surface area contributed by atoms with E-state index in [4.69, 9.17) is 4.74 Å². The smallest absolute Gasteiger partial charge is 0.255 e. The van der Waals surface area contributed by atoms with Crippen molar-refractivity contribution >= 4 is 5.91 Å². The molecule has 0 radical (unpaired) electrons. The average molecular weight is 331 g/mol. The molecule has 1 aliphatic heterocycles. The van der Waals surface area contributed by atoms with Crippen LogP contribution in [0.2, 0.25) is 0 Å². The Kier molecular flexibility index (Phi) is 4.94. The minimum atomic E-state index is -0.296. The van der Waals surface area contributed by atoms with Crippen LogP contribution < -0.4 is 5.32 Å². The van der Waals surface area contributed by atoms with Gasteiger partial charge in [0.15, 0.2) is 0 Å². The predicted octanol–water partition coefficient (Wildman–Crippen LogP) is 2.79. The molecular weight excluding hydrogens is 309 g/mol. The van der Waals surface area contributed by atoms with Crippen LogP contribution in [0.4, 0.5) is 4.39 Å². The van der Waals surface area contributed by atoms with Crippen LogP contribution in [-0.2, 0) is 11.2 Å². The molecule has 0 bridgehead atoms. The molecule has 1 aromatic heterocycles. The number of amides is 1. The Labute approximate surface area is 140 Å². The van der Waals surface area contributed by atoms with E-state index in [1.807, 2.05) is 13.8 Å². The third-order valence-electron chi connectivity index (χ3n) is 4.30. The molecule has 1 N–H and O–H groups in total. The molecule has 0 spiro atoms. The lowest BCUT2D eigenvalue weighted by Gasteiger charge is -2.12. The van der Waals surface area contributed by atoms with E-state index in [9.17, 15) is 9.18 Å². The Morgan fingerprint density at radius 2 is 2.17 bits per heavy atom. The maximum absolute atomic E-state index is 13.1. The molecule has 2 heterocycles. The summed E-state index contributed by atoms with van der Waals surface area (Å²) < 4.78 is 20.4. The minimum absolute atomic E-state index is 0.103. The second kappa shape index (κ2) is 7.13. The fourth-order valence-electron chi connectivity index (χ4n) is 3.09. The molecule has 128 valence electrons. The standard InChI is InChI=1S/C18H22FN3O2/c1-3-16-17(18(23)20-11-15-5-4-10-24-15)12(2)21-22(16)14-8-6-13(19)7-9-14/h6-9,15H,3-5,10-11H2,1-2H3,(H,20,23)/t15-/m0/s1. The first kappa shape index (κ1) is 16.6. The average Bonchev–Trinajstić information content (AvgIpc) is 3.20. The maximum Gasteiger partial charge on any atom is 0.255 e. The van der Waals surface area contributed by atoms with Gasteiger partial charge in [-0.15, -0.1) is 0 Å². The van der Waals surface area contributed by atoms with Crippen molar-refractivity contribution in [2.45, 2.75) is 39.2 Å². The molecule has 1 amide bonds. The van der Waals surface area contributed by atoms with E-state index in [0.717, 1.165) is 30.8 Å². The summed E-state index contributed by atoms with van der Waals surface area (Å²) >= 11 is 0. The molecule has 1 atom stereocenters. The van der Waals surface area contributed by atoms with Crippen LogP contribution in [0, 0.1) is 12.7 Å². The van der Waals surface area contributed by atoms with Crippen LogP contribution in [0.25, 0.3) is 5.69 Å². The molecule has 24 heavy (non-hydrogen) atoms. The number of carbonyl (C=O) groups is 1. The third kappa shape index (κ3) is 3.33. The highest BCUT2D eigenvalue weighted by molar-refractivity contribution is 5.96. The van der Waals surface area contributed by atoms with Gasteiger partial charge in [-0.05, 0) is 50.5 Å². The lowest BCUT2D eigenvalue weighted by Crippen LogP contribution is -2.32. The van der Waals surface area contributed by atoms with Crippen LogP contribution in [0.5, 0.6) is 0 Å². The van der Waals surface area contributed by atoms with Gasteiger partial charge in [0.1, 0.15) is 5.82 Å². The fraction of sp³-hybridized carbons (Fsp3) is 0.444. The number of ether oxygens (including phenoxy) is 1. The van der Waals surface area contributed by atoms with Gasteiger partial charge in [0.25, 0.3) is 5.91 Å². The number of halogens is 1. The Morgan fingerprint density at radius 1 is 1.42 bits per heavy atom. The van der Waals surface area contributed by atoms with Crippen molar-refractivity contribution in [3.05, 3.63) is 47.0 Å². The zero-order valence-corrected chi connectivity index (χ0v) is 14.0. The molecule has 1 aromatic carbocycles. The quantitative estimate of drug-likeness (QED) is 0.916. The lowest BCUT2D eigenvalue weighted by molar-refractivity contribution is 0.0856. The van der Waals surface area contributed by atoms with Gasteiger partial charge in [0.05, 0.1) is 28.7 Å². The molecule has 5 nitrogen and oxygen atoms in total. The molecule has 0 unspecified atom stereocenters. The van der Waals surface area contributed by atoms with Crippen molar-refractivity contribution in [2.24, 2.45) is 0 Å². The Balaban J connectivity index is 1.84. The van der Waals surface area contributed by atoms with E-state index < -0.39 is 0 Å². The van der Waals surface area contributed by atoms with Gasteiger partial charge in [-0.3, -0.25) is 4.79 Å². The van der Waals surface area contributed by atoms with Gasteiger partial charge >= 0.3 is 0 Å². The molecular formula is C18H22FN3O2. The van der Waals surface area contributed by atoms with Crippen molar-refractivity contribution in [3.63, 3.8) is 0 Å². The number of aromatic nitrogens is 2. The first-order chi connectivity index (χ1) is 11.6. The van der Waals surface area contributed by atoms with Crippen LogP contribution >= 0.6 is 0 Å². The van der Waals surface area contributed by atoms with Crippen molar-refractivity contribution in [3.8, 4) is 5.69 Å². The highest BCUT2D eigenvalue weighted by Crippen LogP contribution is 2.20. The van der Waals surface area contributed by atoms with Crippen LogP contribution in [-0.4, -0.2) is 34.9 Å². The highest BCUT2D eigenvalue weighted by Gasteiger charge is 2.23. The van der Waals surface area contributed by atoms with Gasteiger partial charge < -0.3 is 10.1 Å². The van der Waals surface area contributed by atoms with E-state index in [1.165, 1.54) is 12.1 Å². The molecule has 6 heteroatoms. The van der Waals surface area contributed by atoms with Gasteiger partial charge in [0, 0.05) is 13.2 Å². The Morgan fingerprint density at radius 3 is 2.79 bits per heavy atom. The molecule has 2 aromatic rings. The first-order valence-corrected chi connectivity index (χ1v) is 8.34. The maximum atomic E-state index is 13.1. The molecule has 0 saturated carbocycles. The lowest BCUT2D eigenvalue weighted by atomic mass is 10.1. The zero-order valence-electron chi connectivity index (χ0n) is 14.0. The third-order valence-corrected chi connectivity index (χ3v) is 4.30. The van der Waals surface area contributed by atoms with E-state index in [0.29, 0.717) is 24.2 Å². The Bertz CT molecular complexity index is 719. The topological polar surface area (TPSA) is 56.1 Å². The van der Waals surface area contributed by atoms with E-state index in [2.05, 4.69) is 10.4 Å². The number of carbonyl (C=O) groups excluding carboxylic acids is 1. The molecule has 1 saturated heterocycles. The number of aryl methyl sites for hydroxylation is 1. The van der Waals surface area contributed by atoms with E-state index in [-0.39, 0.29) is 17.8 Å². The van der Waals surface area contributed by atoms with Crippen molar-refractivity contribution in [1.29, 1.82) is 0 Å². The van der Waals surface area contributed by atoms with Crippen molar-refractivity contribution in [1.82, 2.24) is 15.1 Å². The Hall–Kier alpha value is -2.21. The number of hydrogen-bond donors (Lipinski definition) is 1. The second-order valence-corrected chi connectivity index (χ2v) is 5.99. The molecule has 1 aliphatic rings. The monoisotopic (exact) mass is 331 g/mol. The summed E-state index contributed by atoms with van der Waals surface area (Å²) in [6.07, 6.45) is 2.78. The largest absolute Gasteiger partial charge is 0.376 e. The number of nitrogens with one attached hydrogen (secondary N) is 1. The minimum Gasteiger partial charge on any atom is -0.376 e. The summed E-state index contributed by atoms with van der Waals surface area (Å²) in [7, 11) is 0. The predicted molar refractivity (Wildman–Crippen MR) is 88.9 cm³/mol. The highest BCUT2D eigenvalue weighted by atomic mass is 19.1. The SMILES string of the molecule is CCc1c(C(=O)NC[C@@H]2CCCO2)c(C)nn1-c1ccc(F)cc1. The molecule has 3 rings (SSSR count). The fourth-order valence-corrected chi connectivity index (χ4v) is 3.09. The summed E-state index contributed by atoms with van der Waals surface area (Å²) in [6, 6.07) is 6.11. The van der Waals surface area contributed by atoms with Gasteiger partial charge in [-0.2, -0.15) is 5.10 Å². The van der Waals surface area contributed by atoms with E-state index in [1.54, 1.807) is 16.8 Å². The van der Waals surface area contributed by atoms with Crippen molar-refractivity contribution in [2.75, 3.05) is 13.2 Å². The van der Waals surface area contributed by atoms with Gasteiger partial charge in [0.2, 0.25) is 0 Å². The number of nitrogens with zero attached hydrogens (tertiary/aromatic N) is 2. The van der Waals surface area contributed by atoms with Gasteiger partial charge in [-0.25, -0.2) is 9.07 Å². The summed E-state index contributed by atoms with van der Waals surface area (Å²) in [4.78, 5) is 12.6. The molecule has 0 aliphatic carbocycles. The zero-order chi connectivity index (χ0) is 17.1. The first-order valence-electron chi connectivity index (χ1n) is 8.34. The molecule has 1 fully saturated rings. The second-order valence-electron chi connectivity index (χ2n) is 5.99.